The highest BCUT2D eigenvalue weighted by molar-refractivity contribution is 5.91. The maximum Gasteiger partial charge on any atom is 0.175 e. The Bertz CT molecular complexity index is 749. The fourth-order valence-corrected chi connectivity index (χ4v) is 8.84. The number of allylic oxidation sites excluding steroid dienone is 1. The predicted molar refractivity (Wildman–Crippen MR) is 107 cm³/mol. The molecule has 0 radical (unpaired) electrons. The number of ether oxygens (including phenoxy) is 1. The van der Waals surface area contributed by atoms with E-state index in [1.54, 1.807) is 0 Å². The van der Waals surface area contributed by atoms with Crippen LogP contribution in [0.5, 0.6) is 0 Å². The van der Waals surface area contributed by atoms with E-state index < -0.39 is 6.29 Å². The third kappa shape index (κ3) is 2.27. The number of fused-ring (bicyclic) bond motifs is 6. The molecule has 152 valence electrons. The minimum Gasteiger partial charge on any atom is -0.365 e. The molecule has 0 amide bonds. The van der Waals surface area contributed by atoms with Crippen LogP contribution in [0.25, 0.3) is 0 Å². The van der Waals surface area contributed by atoms with Gasteiger partial charge < -0.3 is 9.84 Å². The Morgan fingerprint density at radius 3 is 2.71 bits per heavy atom. The van der Waals surface area contributed by atoms with Crippen LogP contribution in [0.2, 0.25) is 0 Å². The first-order valence-corrected chi connectivity index (χ1v) is 11.9. The van der Waals surface area contributed by atoms with Crippen molar-refractivity contribution in [1.29, 1.82) is 0 Å². The smallest absolute Gasteiger partial charge is 0.175 e. The molecule has 4 unspecified atom stereocenters. The summed E-state index contributed by atoms with van der Waals surface area (Å²) in [6.07, 6.45) is 17.3. The van der Waals surface area contributed by atoms with Crippen molar-refractivity contribution >= 4 is 5.78 Å². The van der Waals surface area contributed by atoms with E-state index >= 15 is 0 Å². The van der Waals surface area contributed by atoms with Gasteiger partial charge in [0.05, 0.1) is 5.60 Å². The second kappa shape index (κ2) is 6.04. The second-order valence-electron chi connectivity index (χ2n) is 10.7. The molecule has 6 aliphatic rings. The summed E-state index contributed by atoms with van der Waals surface area (Å²) in [5.41, 5.74) is 1.48. The van der Waals surface area contributed by atoms with Gasteiger partial charge in [-0.15, -0.1) is 0 Å². The number of hydrogen-bond acceptors (Lipinski definition) is 3. The Balaban J connectivity index is 1.41. The van der Waals surface area contributed by atoms with Gasteiger partial charge in [-0.3, -0.25) is 4.79 Å². The lowest BCUT2D eigenvalue weighted by Crippen LogP contribution is -2.56. The maximum absolute atomic E-state index is 12.1. The van der Waals surface area contributed by atoms with Gasteiger partial charge in [-0.2, -0.15) is 0 Å². The van der Waals surface area contributed by atoms with E-state index in [1.807, 2.05) is 6.08 Å². The Morgan fingerprint density at radius 2 is 2.00 bits per heavy atom. The van der Waals surface area contributed by atoms with Gasteiger partial charge in [0, 0.05) is 11.8 Å². The van der Waals surface area contributed by atoms with E-state index in [0.717, 1.165) is 55.3 Å². The summed E-state index contributed by atoms with van der Waals surface area (Å²) in [7, 11) is 0. The summed E-state index contributed by atoms with van der Waals surface area (Å²) in [6.45, 7) is 2.36. The standard InChI is InChI=1S/C25H34O3/c1-2-24-10-7-19-18-6-5-17(26)13-16(18)14-20(15-3-4-15)23(19)21(24)8-11-25(24)12-9-22(27)28-25/h9,12-13,15,18-23,27H,2-8,10-11,14H2,1H3/t18-,19?,20+,21?,22?,23?,24-,25+/m0/s1. The second-order valence-corrected chi connectivity index (χ2v) is 10.7. The van der Waals surface area contributed by atoms with Crippen molar-refractivity contribution < 1.29 is 14.6 Å². The van der Waals surface area contributed by atoms with Gasteiger partial charge in [0.1, 0.15) is 0 Å². The summed E-state index contributed by atoms with van der Waals surface area (Å²) >= 11 is 0. The molecule has 5 aliphatic carbocycles. The van der Waals surface area contributed by atoms with Crippen LogP contribution < -0.4 is 0 Å². The zero-order chi connectivity index (χ0) is 19.1. The third-order valence-corrected chi connectivity index (χ3v) is 9.99. The lowest BCUT2D eigenvalue weighted by atomic mass is 9.46. The van der Waals surface area contributed by atoms with Crippen LogP contribution in [-0.2, 0) is 9.53 Å². The highest BCUT2D eigenvalue weighted by atomic mass is 16.6. The fourth-order valence-electron chi connectivity index (χ4n) is 8.84. The SMILES string of the molecule is CC[C@]12CCC3C(C1CC[C@@]21C=CC(O)O1)[C@@H](C1CC1)CC1=CC(=O)CC[C@@H]13. The van der Waals surface area contributed by atoms with Gasteiger partial charge in [0.2, 0.25) is 0 Å². The molecule has 0 aromatic rings. The normalized spacial score (nSPS) is 52.4. The van der Waals surface area contributed by atoms with E-state index in [1.165, 1.54) is 44.1 Å². The molecule has 0 aromatic carbocycles. The first-order chi connectivity index (χ1) is 13.6. The van der Waals surface area contributed by atoms with Crippen LogP contribution in [0, 0.1) is 40.9 Å². The molecular formula is C25H34O3. The largest absolute Gasteiger partial charge is 0.365 e. The van der Waals surface area contributed by atoms with Crippen LogP contribution in [0.4, 0.5) is 0 Å². The number of hydrogen-bond donors (Lipinski definition) is 1. The summed E-state index contributed by atoms with van der Waals surface area (Å²) in [6, 6.07) is 0. The van der Waals surface area contributed by atoms with Crippen molar-refractivity contribution in [2.45, 2.75) is 83.0 Å². The van der Waals surface area contributed by atoms with E-state index in [0.29, 0.717) is 11.7 Å². The zero-order valence-corrected chi connectivity index (χ0v) is 17.1. The van der Waals surface area contributed by atoms with Crippen LogP contribution in [-0.4, -0.2) is 22.8 Å². The fraction of sp³-hybridized carbons (Fsp3) is 0.800. The number of carbonyl (C=O) groups is 1. The first-order valence-electron chi connectivity index (χ1n) is 11.9. The molecule has 0 aromatic heterocycles. The van der Waals surface area contributed by atoms with Gasteiger partial charge in [0.25, 0.3) is 0 Å². The highest BCUT2D eigenvalue weighted by Crippen LogP contribution is 2.70. The number of ketones is 1. The summed E-state index contributed by atoms with van der Waals surface area (Å²) < 4.78 is 6.27. The molecule has 1 aliphatic heterocycles. The molecule has 8 atom stereocenters. The number of carbonyl (C=O) groups excluding carboxylic acids is 1. The highest BCUT2D eigenvalue weighted by Gasteiger charge is 2.67. The lowest BCUT2D eigenvalue weighted by Gasteiger charge is -2.59. The van der Waals surface area contributed by atoms with Crippen molar-refractivity contribution in [3.8, 4) is 0 Å². The molecule has 1 heterocycles. The molecule has 4 fully saturated rings. The van der Waals surface area contributed by atoms with E-state index in [4.69, 9.17) is 4.74 Å². The Labute approximate surface area is 168 Å². The first kappa shape index (κ1) is 17.9. The molecule has 4 saturated carbocycles. The number of rotatable bonds is 2. The zero-order valence-electron chi connectivity index (χ0n) is 17.1. The summed E-state index contributed by atoms with van der Waals surface area (Å²) in [4.78, 5) is 12.1. The van der Waals surface area contributed by atoms with Gasteiger partial charge >= 0.3 is 0 Å². The Morgan fingerprint density at radius 1 is 1.14 bits per heavy atom. The lowest BCUT2D eigenvalue weighted by molar-refractivity contribution is -0.192. The molecule has 0 bridgehead atoms. The molecular weight excluding hydrogens is 348 g/mol. The van der Waals surface area contributed by atoms with E-state index in [9.17, 15) is 9.90 Å². The summed E-state index contributed by atoms with van der Waals surface area (Å²) in [5, 5.41) is 10.2. The van der Waals surface area contributed by atoms with Gasteiger partial charge in [-0.25, -0.2) is 0 Å². The van der Waals surface area contributed by atoms with Crippen molar-refractivity contribution in [3.63, 3.8) is 0 Å². The topological polar surface area (TPSA) is 46.5 Å². The molecule has 1 spiro atoms. The molecule has 28 heavy (non-hydrogen) atoms. The maximum atomic E-state index is 12.1. The van der Waals surface area contributed by atoms with Gasteiger partial charge in [-0.1, -0.05) is 18.6 Å². The van der Waals surface area contributed by atoms with Crippen LogP contribution in [0.15, 0.2) is 23.8 Å². The minimum absolute atomic E-state index is 0.195. The molecule has 3 heteroatoms. The van der Waals surface area contributed by atoms with Crippen molar-refractivity contribution in [1.82, 2.24) is 0 Å². The average molecular weight is 383 g/mol. The number of aliphatic hydroxyl groups is 1. The predicted octanol–water partition coefficient (Wildman–Crippen LogP) is 4.80. The quantitative estimate of drug-likeness (QED) is 0.698. The third-order valence-electron chi connectivity index (χ3n) is 9.99. The van der Waals surface area contributed by atoms with Gasteiger partial charge in [0.15, 0.2) is 12.1 Å². The molecule has 0 saturated heterocycles. The van der Waals surface area contributed by atoms with Crippen LogP contribution in [0.3, 0.4) is 0 Å². The summed E-state index contributed by atoms with van der Waals surface area (Å²) in [5.74, 6) is 4.99. The number of aliphatic hydroxyl groups excluding tert-OH is 1. The molecule has 1 N–H and O–H groups in total. The monoisotopic (exact) mass is 382 g/mol. The van der Waals surface area contributed by atoms with Crippen LogP contribution >= 0.6 is 0 Å². The molecule has 3 nitrogen and oxygen atoms in total. The average Bonchev–Trinajstić information content (AvgIpc) is 3.40. The van der Waals surface area contributed by atoms with Crippen molar-refractivity contribution in [3.05, 3.63) is 23.8 Å². The van der Waals surface area contributed by atoms with E-state index in [-0.39, 0.29) is 11.0 Å². The van der Waals surface area contributed by atoms with Crippen molar-refractivity contribution in [2.75, 3.05) is 0 Å². The molecule has 6 rings (SSSR count). The Kier molecular flexibility index (Phi) is 3.86. The van der Waals surface area contributed by atoms with Gasteiger partial charge in [-0.05, 0) is 105 Å². The minimum atomic E-state index is -0.718. The van der Waals surface area contributed by atoms with E-state index in [2.05, 4.69) is 19.1 Å². The van der Waals surface area contributed by atoms with Crippen LogP contribution in [0.1, 0.15) is 71.1 Å². The Hall–Kier alpha value is -0.930. The van der Waals surface area contributed by atoms with Crippen molar-refractivity contribution in [2.24, 2.45) is 40.9 Å².